The van der Waals surface area contributed by atoms with E-state index in [1.807, 2.05) is 60.7 Å². The van der Waals surface area contributed by atoms with E-state index < -0.39 is 18.0 Å². The van der Waals surface area contributed by atoms with Gasteiger partial charge in [-0.15, -0.1) is 0 Å². The molecule has 1 atom stereocenters. The average molecular weight is 478 g/mol. The molecule has 1 aliphatic rings. The number of nitrogens with zero attached hydrogens (tertiary/aromatic N) is 2. The Hall–Kier alpha value is -3.45. The Morgan fingerprint density at radius 1 is 1.10 bits per heavy atom. The molecule has 0 aliphatic carbocycles. The lowest BCUT2D eigenvalue weighted by Crippen LogP contribution is -2.46. The van der Waals surface area contributed by atoms with Gasteiger partial charge in [-0.2, -0.15) is 0 Å². The minimum Gasteiger partial charge on any atom is -0.497 e. The van der Waals surface area contributed by atoms with Gasteiger partial charge in [0.15, 0.2) is 0 Å². The lowest BCUT2D eigenvalue weighted by Gasteiger charge is -2.21. The van der Waals surface area contributed by atoms with Crippen molar-refractivity contribution in [1.82, 2.24) is 0 Å². The Bertz CT molecular complexity index is 1180. The van der Waals surface area contributed by atoms with Crippen molar-refractivity contribution in [3.05, 3.63) is 94.0 Å². The van der Waals surface area contributed by atoms with Crippen LogP contribution < -0.4 is 15.4 Å². The summed E-state index contributed by atoms with van der Waals surface area (Å²) in [5.74, 6) is 0.205. The Morgan fingerprint density at radius 3 is 2.58 bits per heavy atom. The monoisotopic (exact) mass is 477 g/mol. The minimum absolute atomic E-state index is 0.339. The SMILES string of the molecule is COc1cccc(C2=N[C@@H](Cc3ccccc3)C(=O)N(C(N)=O)c3ccc(Br)cc32)c1. The van der Waals surface area contributed by atoms with Crippen LogP contribution in [-0.2, 0) is 11.2 Å². The number of nitrogens with two attached hydrogens (primary N) is 1. The number of carbonyl (C=O) groups excluding carboxylic acids is 2. The van der Waals surface area contributed by atoms with Crippen LogP contribution in [0.4, 0.5) is 10.5 Å². The number of benzene rings is 3. The van der Waals surface area contributed by atoms with Crippen LogP contribution >= 0.6 is 15.9 Å². The maximum absolute atomic E-state index is 13.4. The Kier molecular flexibility index (Phi) is 5.86. The number of aliphatic imine (C=N–C) groups is 1. The van der Waals surface area contributed by atoms with Gasteiger partial charge in [0.1, 0.15) is 11.8 Å². The first kappa shape index (κ1) is 20.8. The van der Waals surface area contributed by atoms with E-state index in [0.29, 0.717) is 29.1 Å². The number of amides is 3. The van der Waals surface area contributed by atoms with Gasteiger partial charge in [-0.25, -0.2) is 9.69 Å². The zero-order chi connectivity index (χ0) is 22.0. The number of urea groups is 1. The highest BCUT2D eigenvalue weighted by Gasteiger charge is 2.35. The third kappa shape index (κ3) is 4.22. The molecule has 156 valence electrons. The summed E-state index contributed by atoms with van der Waals surface area (Å²) in [7, 11) is 1.59. The zero-order valence-electron chi connectivity index (χ0n) is 16.8. The second-order valence-electron chi connectivity index (χ2n) is 7.09. The lowest BCUT2D eigenvalue weighted by molar-refractivity contribution is -0.118. The van der Waals surface area contributed by atoms with Crippen LogP contribution in [0, 0.1) is 0 Å². The fourth-order valence-electron chi connectivity index (χ4n) is 3.64. The van der Waals surface area contributed by atoms with E-state index in [4.69, 9.17) is 15.5 Å². The smallest absolute Gasteiger partial charge is 0.326 e. The second kappa shape index (κ2) is 8.73. The van der Waals surface area contributed by atoms with Crippen molar-refractivity contribution in [1.29, 1.82) is 0 Å². The first-order valence-corrected chi connectivity index (χ1v) is 10.5. The van der Waals surface area contributed by atoms with Crippen LogP contribution in [0.1, 0.15) is 16.7 Å². The molecular weight excluding hydrogens is 458 g/mol. The number of fused-ring (bicyclic) bond motifs is 1. The number of carbonyl (C=O) groups is 2. The number of imide groups is 1. The number of methoxy groups -OCH3 is 1. The van der Waals surface area contributed by atoms with Crippen molar-refractivity contribution in [2.45, 2.75) is 12.5 Å². The topological polar surface area (TPSA) is 85.0 Å². The molecule has 0 aromatic heterocycles. The van der Waals surface area contributed by atoms with Crippen LogP contribution in [0.5, 0.6) is 5.75 Å². The number of anilines is 1. The van der Waals surface area contributed by atoms with Gasteiger partial charge in [0.25, 0.3) is 5.91 Å². The molecule has 6 nitrogen and oxygen atoms in total. The van der Waals surface area contributed by atoms with E-state index >= 15 is 0 Å². The Labute approximate surface area is 188 Å². The van der Waals surface area contributed by atoms with Gasteiger partial charge < -0.3 is 10.5 Å². The highest BCUT2D eigenvalue weighted by atomic mass is 79.9. The molecule has 0 radical (unpaired) electrons. The lowest BCUT2D eigenvalue weighted by atomic mass is 10.00. The highest BCUT2D eigenvalue weighted by molar-refractivity contribution is 9.10. The summed E-state index contributed by atoms with van der Waals surface area (Å²) in [5.41, 5.74) is 8.98. The molecule has 0 spiro atoms. The number of hydrogen-bond acceptors (Lipinski definition) is 4. The van der Waals surface area contributed by atoms with E-state index in [0.717, 1.165) is 20.5 Å². The molecule has 0 bridgehead atoms. The normalized spacial score (nSPS) is 15.7. The predicted molar refractivity (Wildman–Crippen MR) is 124 cm³/mol. The summed E-state index contributed by atoms with van der Waals surface area (Å²) in [6, 6.07) is 20.7. The van der Waals surface area contributed by atoms with Crippen molar-refractivity contribution >= 4 is 39.3 Å². The van der Waals surface area contributed by atoms with Crippen molar-refractivity contribution < 1.29 is 14.3 Å². The Morgan fingerprint density at radius 2 is 1.87 bits per heavy atom. The van der Waals surface area contributed by atoms with Crippen LogP contribution in [0.3, 0.4) is 0 Å². The summed E-state index contributed by atoms with van der Waals surface area (Å²) in [6.07, 6.45) is 0.339. The number of benzodiazepines with no additional fused rings is 1. The van der Waals surface area contributed by atoms with Gasteiger partial charge in [-0.3, -0.25) is 9.79 Å². The molecule has 4 rings (SSSR count). The largest absolute Gasteiger partial charge is 0.497 e. The first-order chi connectivity index (χ1) is 15.0. The molecule has 1 aliphatic heterocycles. The first-order valence-electron chi connectivity index (χ1n) is 9.67. The van der Waals surface area contributed by atoms with Crippen molar-refractivity contribution in [2.75, 3.05) is 12.0 Å². The van der Waals surface area contributed by atoms with Crippen LogP contribution in [0.2, 0.25) is 0 Å². The number of halogens is 1. The maximum Gasteiger partial charge on any atom is 0.326 e. The van der Waals surface area contributed by atoms with Gasteiger partial charge in [-0.05, 0) is 35.9 Å². The van der Waals surface area contributed by atoms with Gasteiger partial charge in [-0.1, -0.05) is 58.4 Å². The molecule has 0 saturated heterocycles. The molecule has 0 saturated carbocycles. The minimum atomic E-state index is -0.839. The molecule has 1 heterocycles. The average Bonchev–Trinajstić information content (AvgIpc) is 2.89. The number of rotatable bonds is 4. The summed E-state index contributed by atoms with van der Waals surface area (Å²) in [5, 5.41) is 0. The third-order valence-corrected chi connectivity index (χ3v) is 5.57. The Balaban J connectivity index is 1.94. The fraction of sp³-hybridized carbons (Fsp3) is 0.125. The molecule has 7 heteroatoms. The molecule has 0 fully saturated rings. The number of hydrogen-bond donors (Lipinski definition) is 1. The molecule has 3 amide bonds. The summed E-state index contributed by atoms with van der Waals surface area (Å²) < 4.78 is 6.17. The van der Waals surface area contributed by atoms with Crippen LogP contribution in [0.15, 0.2) is 82.3 Å². The maximum atomic E-state index is 13.4. The van der Waals surface area contributed by atoms with E-state index in [1.165, 1.54) is 0 Å². The van der Waals surface area contributed by atoms with E-state index in [1.54, 1.807) is 19.2 Å². The number of primary amides is 1. The van der Waals surface area contributed by atoms with E-state index in [2.05, 4.69) is 15.9 Å². The molecular formula is C24H20BrN3O3. The molecule has 0 unspecified atom stereocenters. The molecule has 3 aromatic rings. The summed E-state index contributed by atoms with van der Waals surface area (Å²) in [4.78, 5) is 31.6. The van der Waals surface area contributed by atoms with Crippen LogP contribution in [0.25, 0.3) is 0 Å². The van der Waals surface area contributed by atoms with Crippen molar-refractivity contribution in [2.24, 2.45) is 10.7 Å². The zero-order valence-corrected chi connectivity index (χ0v) is 18.4. The van der Waals surface area contributed by atoms with Crippen molar-refractivity contribution in [3.8, 4) is 5.75 Å². The number of ether oxygens (including phenoxy) is 1. The summed E-state index contributed by atoms with van der Waals surface area (Å²) in [6.45, 7) is 0. The summed E-state index contributed by atoms with van der Waals surface area (Å²) >= 11 is 3.49. The fourth-order valence-corrected chi connectivity index (χ4v) is 4.00. The predicted octanol–water partition coefficient (Wildman–Crippen LogP) is 4.33. The van der Waals surface area contributed by atoms with Gasteiger partial charge in [0, 0.05) is 22.0 Å². The third-order valence-electron chi connectivity index (χ3n) is 5.08. The highest BCUT2D eigenvalue weighted by Crippen LogP contribution is 2.32. The van der Waals surface area contributed by atoms with E-state index in [9.17, 15) is 9.59 Å². The van der Waals surface area contributed by atoms with E-state index in [-0.39, 0.29) is 0 Å². The quantitative estimate of drug-likeness (QED) is 0.606. The van der Waals surface area contributed by atoms with Gasteiger partial charge in [0.2, 0.25) is 0 Å². The van der Waals surface area contributed by atoms with Crippen molar-refractivity contribution in [3.63, 3.8) is 0 Å². The van der Waals surface area contributed by atoms with Crippen LogP contribution in [-0.4, -0.2) is 30.8 Å². The standard InChI is InChI=1S/C24H20BrN3O3/c1-31-18-9-5-8-16(13-18)22-19-14-17(25)10-11-21(19)28(24(26)30)23(29)20(27-22)12-15-6-3-2-4-7-15/h2-11,13-14,20H,12H2,1H3,(H2,26,30)/t20-/m0/s1. The molecule has 3 aromatic carbocycles. The second-order valence-corrected chi connectivity index (χ2v) is 8.00. The van der Waals surface area contributed by atoms with Gasteiger partial charge >= 0.3 is 6.03 Å². The van der Waals surface area contributed by atoms with Gasteiger partial charge in [0.05, 0.1) is 18.5 Å². The molecule has 2 N–H and O–H groups in total. The molecule has 31 heavy (non-hydrogen) atoms.